The maximum atomic E-state index is 11.0. The quantitative estimate of drug-likeness (QED) is 0.749. The molecule has 0 aliphatic carbocycles. The summed E-state index contributed by atoms with van der Waals surface area (Å²) in [6, 6.07) is 4.23. The molecule has 0 atom stereocenters. The third-order valence-corrected chi connectivity index (χ3v) is 3.99. The number of aromatic nitrogens is 1. The number of nitrogens with two attached hydrogens (primary N) is 1. The average Bonchev–Trinajstić information content (AvgIpc) is 2.49. The molecule has 116 valence electrons. The van der Waals surface area contributed by atoms with Crippen LogP contribution in [0.1, 0.15) is 38.2 Å². The normalized spacial score (nSPS) is 16.1. The van der Waals surface area contributed by atoms with E-state index in [9.17, 15) is 4.79 Å². The minimum atomic E-state index is -0.185. The van der Waals surface area contributed by atoms with Crippen molar-refractivity contribution in [1.29, 1.82) is 0 Å². The molecule has 1 aromatic rings. The van der Waals surface area contributed by atoms with Crippen molar-refractivity contribution < 1.29 is 4.79 Å². The summed E-state index contributed by atoms with van der Waals surface area (Å²) in [5.41, 5.74) is 6.48. The Kier molecular flexibility index (Phi) is 5.99. The predicted molar refractivity (Wildman–Crippen MR) is 85.0 cm³/mol. The van der Waals surface area contributed by atoms with E-state index < -0.39 is 0 Å². The van der Waals surface area contributed by atoms with Gasteiger partial charge in [-0.3, -0.25) is 4.79 Å². The van der Waals surface area contributed by atoms with Crippen molar-refractivity contribution in [2.75, 3.05) is 24.5 Å². The third kappa shape index (κ3) is 5.01. The van der Waals surface area contributed by atoms with Gasteiger partial charge in [0.05, 0.1) is 0 Å². The number of amides is 1. The van der Waals surface area contributed by atoms with Crippen LogP contribution >= 0.6 is 0 Å². The van der Waals surface area contributed by atoms with Crippen LogP contribution in [0, 0.1) is 5.92 Å². The lowest BCUT2D eigenvalue weighted by Gasteiger charge is -2.32. The van der Waals surface area contributed by atoms with E-state index in [1.165, 1.54) is 5.56 Å². The first-order chi connectivity index (χ1) is 10.2. The Bertz CT molecular complexity index is 438. The summed E-state index contributed by atoms with van der Waals surface area (Å²) in [4.78, 5) is 17.8. The summed E-state index contributed by atoms with van der Waals surface area (Å²) in [5.74, 6) is 1.29. The summed E-state index contributed by atoms with van der Waals surface area (Å²) < 4.78 is 0. The number of hydrogen-bond donors (Lipinski definition) is 2. The van der Waals surface area contributed by atoms with E-state index >= 15 is 0 Å². The molecule has 5 heteroatoms. The Hall–Kier alpha value is -1.62. The Morgan fingerprint density at radius 2 is 2.19 bits per heavy atom. The van der Waals surface area contributed by atoms with Gasteiger partial charge in [-0.2, -0.15) is 0 Å². The maximum absolute atomic E-state index is 11.0. The molecule has 1 aliphatic rings. The molecular formula is C16H26N4O. The van der Waals surface area contributed by atoms with Crippen molar-refractivity contribution >= 4 is 11.7 Å². The number of carbonyl (C=O) groups excluding carboxylic acids is 1. The van der Waals surface area contributed by atoms with Gasteiger partial charge in [-0.15, -0.1) is 0 Å². The molecule has 0 aromatic carbocycles. The minimum absolute atomic E-state index is 0.185. The van der Waals surface area contributed by atoms with Crippen molar-refractivity contribution in [3.05, 3.63) is 23.9 Å². The van der Waals surface area contributed by atoms with Crippen LogP contribution in [0.4, 0.5) is 5.82 Å². The standard InChI is InChI=1S/C16H26N4O/c1-2-7-18-11-14-3-4-16(19-12-14)20-8-5-13(6-9-20)10-15(17)21/h3-4,12-13,18H,2,5-11H2,1H3,(H2,17,21). The number of piperidine rings is 1. The highest BCUT2D eigenvalue weighted by molar-refractivity contribution is 5.74. The molecule has 1 saturated heterocycles. The molecule has 2 rings (SSSR count). The Balaban J connectivity index is 1.81. The minimum Gasteiger partial charge on any atom is -0.370 e. The van der Waals surface area contributed by atoms with Gasteiger partial charge in [-0.1, -0.05) is 13.0 Å². The van der Waals surface area contributed by atoms with Gasteiger partial charge in [0.1, 0.15) is 5.82 Å². The van der Waals surface area contributed by atoms with Crippen molar-refractivity contribution in [2.24, 2.45) is 11.7 Å². The lowest BCUT2D eigenvalue weighted by molar-refractivity contribution is -0.119. The summed E-state index contributed by atoms with van der Waals surface area (Å²) in [6.45, 7) is 5.99. The molecule has 0 saturated carbocycles. The second kappa shape index (κ2) is 7.98. The highest BCUT2D eigenvalue weighted by atomic mass is 16.1. The molecule has 0 spiro atoms. The molecule has 1 aromatic heterocycles. The zero-order valence-electron chi connectivity index (χ0n) is 12.8. The summed E-state index contributed by atoms with van der Waals surface area (Å²) in [5, 5.41) is 3.38. The van der Waals surface area contributed by atoms with E-state index in [0.717, 1.165) is 51.3 Å². The molecule has 0 bridgehead atoms. The SMILES string of the molecule is CCCNCc1ccc(N2CCC(CC(N)=O)CC2)nc1. The van der Waals surface area contributed by atoms with Crippen LogP contribution < -0.4 is 16.0 Å². The number of pyridine rings is 1. The van der Waals surface area contributed by atoms with Gasteiger partial charge in [0, 0.05) is 32.3 Å². The van der Waals surface area contributed by atoms with E-state index in [-0.39, 0.29) is 5.91 Å². The first kappa shape index (κ1) is 15.8. The first-order valence-electron chi connectivity index (χ1n) is 7.88. The van der Waals surface area contributed by atoms with Crippen LogP contribution in [0.25, 0.3) is 0 Å². The van der Waals surface area contributed by atoms with Crippen LogP contribution in [0.2, 0.25) is 0 Å². The van der Waals surface area contributed by atoms with Crippen LogP contribution in [0.3, 0.4) is 0 Å². The number of nitrogens with one attached hydrogen (secondary N) is 1. The fourth-order valence-corrected chi connectivity index (χ4v) is 2.77. The third-order valence-electron chi connectivity index (χ3n) is 3.99. The Morgan fingerprint density at radius 3 is 2.76 bits per heavy atom. The molecule has 3 N–H and O–H groups in total. The molecule has 5 nitrogen and oxygen atoms in total. The van der Waals surface area contributed by atoms with Crippen LogP contribution in [-0.4, -0.2) is 30.5 Å². The maximum Gasteiger partial charge on any atom is 0.217 e. The molecule has 2 heterocycles. The zero-order chi connectivity index (χ0) is 15.1. The van der Waals surface area contributed by atoms with Crippen molar-refractivity contribution in [3.63, 3.8) is 0 Å². The average molecular weight is 290 g/mol. The first-order valence-corrected chi connectivity index (χ1v) is 7.88. The number of rotatable bonds is 7. The number of anilines is 1. The highest BCUT2D eigenvalue weighted by Crippen LogP contribution is 2.23. The predicted octanol–water partition coefficient (Wildman–Crippen LogP) is 1.67. The van der Waals surface area contributed by atoms with E-state index in [1.54, 1.807) is 0 Å². The second-order valence-corrected chi connectivity index (χ2v) is 5.80. The Labute approximate surface area is 126 Å². The lowest BCUT2D eigenvalue weighted by Crippen LogP contribution is -2.35. The molecule has 1 amide bonds. The number of nitrogens with zero attached hydrogens (tertiary/aromatic N) is 2. The van der Waals surface area contributed by atoms with E-state index in [4.69, 9.17) is 5.73 Å². The lowest BCUT2D eigenvalue weighted by atomic mass is 9.93. The van der Waals surface area contributed by atoms with Gasteiger partial charge in [0.15, 0.2) is 0 Å². The van der Waals surface area contributed by atoms with Crippen molar-refractivity contribution in [1.82, 2.24) is 10.3 Å². The number of primary amides is 1. The second-order valence-electron chi connectivity index (χ2n) is 5.80. The van der Waals surface area contributed by atoms with Gasteiger partial charge in [0.25, 0.3) is 0 Å². The molecule has 0 radical (unpaired) electrons. The van der Waals surface area contributed by atoms with Crippen LogP contribution in [0.15, 0.2) is 18.3 Å². The molecule has 21 heavy (non-hydrogen) atoms. The molecule has 0 unspecified atom stereocenters. The van der Waals surface area contributed by atoms with E-state index in [1.807, 2.05) is 6.20 Å². The molecule has 1 fully saturated rings. The monoisotopic (exact) mass is 290 g/mol. The number of carbonyl (C=O) groups is 1. The van der Waals surface area contributed by atoms with Crippen LogP contribution in [-0.2, 0) is 11.3 Å². The fraction of sp³-hybridized carbons (Fsp3) is 0.625. The van der Waals surface area contributed by atoms with Crippen LogP contribution in [0.5, 0.6) is 0 Å². The van der Waals surface area contributed by atoms with Gasteiger partial charge >= 0.3 is 0 Å². The molecule has 1 aliphatic heterocycles. The van der Waals surface area contributed by atoms with E-state index in [0.29, 0.717) is 12.3 Å². The van der Waals surface area contributed by atoms with Gasteiger partial charge in [-0.05, 0) is 43.4 Å². The van der Waals surface area contributed by atoms with Crippen molar-refractivity contribution in [2.45, 2.75) is 39.2 Å². The highest BCUT2D eigenvalue weighted by Gasteiger charge is 2.21. The largest absolute Gasteiger partial charge is 0.370 e. The molecular weight excluding hydrogens is 264 g/mol. The van der Waals surface area contributed by atoms with E-state index in [2.05, 4.69) is 34.3 Å². The summed E-state index contributed by atoms with van der Waals surface area (Å²) >= 11 is 0. The van der Waals surface area contributed by atoms with Gasteiger partial charge < -0.3 is 16.0 Å². The topological polar surface area (TPSA) is 71.2 Å². The summed E-state index contributed by atoms with van der Waals surface area (Å²) in [7, 11) is 0. The zero-order valence-corrected chi connectivity index (χ0v) is 12.8. The fourth-order valence-electron chi connectivity index (χ4n) is 2.77. The smallest absolute Gasteiger partial charge is 0.217 e. The number of hydrogen-bond acceptors (Lipinski definition) is 4. The Morgan fingerprint density at radius 1 is 1.43 bits per heavy atom. The van der Waals surface area contributed by atoms with Crippen molar-refractivity contribution in [3.8, 4) is 0 Å². The summed E-state index contributed by atoms with van der Waals surface area (Å²) in [6.07, 6.45) is 5.65. The van der Waals surface area contributed by atoms with Gasteiger partial charge in [0.2, 0.25) is 5.91 Å². The van der Waals surface area contributed by atoms with Gasteiger partial charge in [-0.25, -0.2) is 4.98 Å².